The summed E-state index contributed by atoms with van der Waals surface area (Å²) in [7, 11) is 0. The van der Waals surface area contributed by atoms with Gasteiger partial charge >= 0.3 is 0 Å². The highest BCUT2D eigenvalue weighted by atomic mass is 35.5. The average Bonchev–Trinajstić information content (AvgIpc) is 1.90. The van der Waals surface area contributed by atoms with Crippen molar-refractivity contribution < 1.29 is 0 Å². The number of nitrogens with zero attached hydrogens (tertiary/aromatic N) is 1. The maximum Gasteiger partial charge on any atom is 0.0149 e. The maximum atomic E-state index is 5.76. The third-order valence-corrected chi connectivity index (χ3v) is 3.20. The van der Waals surface area contributed by atoms with Crippen LogP contribution in [0.3, 0.4) is 0 Å². The van der Waals surface area contributed by atoms with E-state index in [1.54, 1.807) is 0 Å². The lowest BCUT2D eigenvalue weighted by atomic mass is 10.2. The molecule has 1 rings (SSSR count). The van der Waals surface area contributed by atoms with Crippen molar-refractivity contribution in [2.75, 3.05) is 19.3 Å². The topological polar surface area (TPSA) is 3.24 Å². The summed E-state index contributed by atoms with van der Waals surface area (Å²) < 4.78 is 1.88. The Kier molecular flexibility index (Phi) is 3.16. The van der Waals surface area contributed by atoms with Gasteiger partial charge in [0.25, 0.3) is 0 Å². The van der Waals surface area contributed by atoms with Crippen LogP contribution in [0.4, 0.5) is 0 Å². The smallest absolute Gasteiger partial charge is 0.0149 e. The van der Waals surface area contributed by atoms with Gasteiger partial charge in [-0.25, -0.2) is 4.42 Å². The zero-order valence-corrected chi connectivity index (χ0v) is 7.21. The van der Waals surface area contributed by atoms with E-state index in [4.69, 9.17) is 11.8 Å². The van der Waals surface area contributed by atoms with Gasteiger partial charge in [0.2, 0.25) is 0 Å². The van der Waals surface area contributed by atoms with Crippen LogP contribution >= 0.6 is 23.5 Å². The van der Waals surface area contributed by atoms with Crippen molar-refractivity contribution >= 4 is 23.5 Å². The number of hydrogen-bond donors (Lipinski definition) is 0. The van der Waals surface area contributed by atoms with Crippen LogP contribution in [0, 0.1) is 0 Å². The molecule has 0 N–H and O–H groups in total. The van der Waals surface area contributed by atoms with Crippen molar-refractivity contribution in [3.8, 4) is 0 Å². The van der Waals surface area contributed by atoms with Crippen molar-refractivity contribution in [2.45, 2.75) is 18.1 Å². The molecule has 0 spiro atoms. The third-order valence-electron chi connectivity index (χ3n) is 1.72. The van der Waals surface area contributed by atoms with Gasteiger partial charge in [-0.05, 0) is 30.9 Å². The SMILES string of the molecule is CSC1CCN(Cl)CC1. The van der Waals surface area contributed by atoms with E-state index in [1.165, 1.54) is 12.8 Å². The Hall–Kier alpha value is 0.600. The molecule has 1 saturated heterocycles. The summed E-state index contributed by atoms with van der Waals surface area (Å²) in [5, 5.41) is 0.861. The summed E-state index contributed by atoms with van der Waals surface area (Å²) in [5.41, 5.74) is 0. The monoisotopic (exact) mass is 165 g/mol. The average molecular weight is 166 g/mol. The fourth-order valence-electron chi connectivity index (χ4n) is 1.06. The van der Waals surface area contributed by atoms with Crippen LogP contribution in [0.25, 0.3) is 0 Å². The second kappa shape index (κ2) is 3.69. The number of piperidine rings is 1. The lowest BCUT2D eigenvalue weighted by Gasteiger charge is -2.25. The van der Waals surface area contributed by atoms with E-state index in [-0.39, 0.29) is 0 Å². The third kappa shape index (κ3) is 2.36. The number of thioether (sulfide) groups is 1. The van der Waals surface area contributed by atoms with Gasteiger partial charge in [-0.2, -0.15) is 11.8 Å². The van der Waals surface area contributed by atoms with Crippen molar-refractivity contribution in [1.82, 2.24) is 4.42 Å². The molecule has 1 aliphatic rings. The molecule has 9 heavy (non-hydrogen) atoms. The maximum absolute atomic E-state index is 5.76. The van der Waals surface area contributed by atoms with Crippen molar-refractivity contribution in [3.63, 3.8) is 0 Å². The predicted molar refractivity (Wildman–Crippen MR) is 44.0 cm³/mol. The molecule has 1 heterocycles. The molecule has 0 aromatic rings. The Balaban J connectivity index is 2.18. The van der Waals surface area contributed by atoms with Gasteiger partial charge in [-0.1, -0.05) is 0 Å². The van der Waals surface area contributed by atoms with Crippen molar-refractivity contribution in [1.29, 1.82) is 0 Å². The second-order valence-electron chi connectivity index (χ2n) is 2.34. The van der Waals surface area contributed by atoms with E-state index >= 15 is 0 Å². The molecule has 0 unspecified atom stereocenters. The van der Waals surface area contributed by atoms with Crippen LogP contribution in [-0.2, 0) is 0 Å². The molecule has 0 radical (unpaired) electrons. The highest BCUT2D eigenvalue weighted by Gasteiger charge is 2.15. The van der Waals surface area contributed by atoms with Gasteiger partial charge in [0, 0.05) is 18.3 Å². The molecule has 1 aliphatic heterocycles. The molecule has 0 aromatic heterocycles. The highest BCUT2D eigenvalue weighted by molar-refractivity contribution is 7.99. The molecule has 0 saturated carbocycles. The van der Waals surface area contributed by atoms with E-state index in [1.807, 2.05) is 16.2 Å². The van der Waals surface area contributed by atoms with Gasteiger partial charge in [0.15, 0.2) is 0 Å². The van der Waals surface area contributed by atoms with Gasteiger partial charge in [0.1, 0.15) is 0 Å². The van der Waals surface area contributed by atoms with Gasteiger partial charge in [-0.15, -0.1) is 0 Å². The van der Waals surface area contributed by atoms with Crippen LogP contribution in [-0.4, -0.2) is 29.0 Å². The molecule has 0 bridgehead atoms. The van der Waals surface area contributed by atoms with Crippen LogP contribution in [0.2, 0.25) is 0 Å². The molecular formula is C6H12ClNS. The van der Waals surface area contributed by atoms with Gasteiger partial charge in [0.05, 0.1) is 0 Å². The Morgan fingerprint density at radius 1 is 1.44 bits per heavy atom. The van der Waals surface area contributed by atoms with E-state index in [0.717, 1.165) is 18.3 Å². The lowest BCUT2D eigenvalue weighted by Crippen LogP contribution is -2.27. The van der Waals surface area contributed by atoms with Crippen molar-refractivity contribution in [2.24, 2.45) is 0 Å². The highest BCUT2D eigenvalue weighted by Crippen LogP contribution is 2.21. The largest absolute Gasteiger partial charge is 0.220 e. The van der Waals surface area contributed by atoms with E-state index in [9.17, 15) is 0 Å². The molecule has 1 nitrogen and oxygen atoms in total. The van der Waals surface area contributed by atoms with Crippen LogP contribution in [0.15, 0.2) is 0 Å². The standard InChI is InChI=1S/C6H12ClNS/c1-9-6-2-4-8(7)5-3-6/h6H,2-5H2,1H3. The summed E-state index contributed by atoms with van der Waals surface area (Å²) >= 11 is 7.73. The first-order chi connectivity index (χ1) is 4.33. The fraction of sp³-hybridized carbons (Fsp3) is 1.00. The van der Waals surface area contributed by atoms with E-state index in [0.29, 0.717) is 0 Å². The second-order valence-corrected chi connectivity index (χ2v) is 3.96. The van der Waals surface area contributed by atoms with Crippen LogP contribution in [0.5, 0.6) is 0 Å². The molecule has 54 valence electrons. The van der Waals surface area contributed by atoms with Crippen molar-refractivity contribution in [3.05, 3.63) is 0 Å². The minimum Gasteiger partial charge on any atom is -0.220 e. The molecule has 0 amide bonds. The molecule has 0 aliphatic carbocycles. The molecule has 0 aromatic carbocycles. The number of hydrogen-bond acceptors (Lipinski definition) is 2. The van der Waals surface area contributed by atoms with Gasteiger partial charge in [-0.3, -0.25) is 0 Å². The Bertz CT molecular complexity index is 81.1. The summed E-state index contributed by atoms with van der Waals surface area (Å²) in [6.45, 7) is 2.13. The molecule has 0 atom stereocenters. The zero-order valence-electron chi connectivity index (χ0n) is 5.64. The van der Waals surface area contributed by atoms with Crippen LogP contribution in [0.1, 0.15) is 12.8 Å². The predicted octanol–water partition coefficient (Wildman–Crippen LogP) is 1.97. The number of halogens is 1. The fourth-order valence-corrected chi connectivity index (χ4v) is 1.94. The normalized spacial score (nSPS) is 24.7. The summed E-state index contributed by atoms with van der Waals surface area (Å²) in [5.74, 6) is 0. The number of rotatable bonds is 1. The minimum atomic E-state index is 0.861. The molecular weight excluding hydrogens is 154 g/mol. The zero-order chi connectivity index (χ0) is 6.69. The van der Waals surface area contributed by atoms with E-state index in [2.05, 4.69) is 6.26 Å². The Morgan fingerprint density at radius 3 is 2.44 bits per heavy atom. The molecule has 3 heteroatoms. The first kappa shape index (κ1) is 7.70. The quantitative estimate of drug-likeness (QED) is 0.547. The summed E-state index contributed by atoms with van der Waals surface area (Å²) in [4.78, 5) is 0. The minimum absolute atomic E-state index is 0.861. The first-order valence-corrected chi connectivity index (χ1v) is 4.89. The lowest BCUT2D eigenvalue weighted by molar-refractivity contribution is 0.376. The Morgan fingerprint density at radius 2 is 2.00 bits per heavy atom. The van der Waals surface area contributed by atoms with Crippen LogP contribution < -0.4 is 0 Å². The Labute approximate surface area is 65.9 Å². The summed E-state index contributed by atoms with van der Waals surface area (Å²) in [6, 6.07) is 0. The van der Waals surface area contributed by atoms with Gasteiger partial charge < -0.3 is 0 Å². The summed E-state index contributed by atoms with van der Waals surface area (Å²) in [6.07, 6.45) is 4.68. The molecule has 1 fully saturated rings. The first-order valence-electron chi connectivity index (χ1n) is 3.26. The van der Waals surface area contributed by atoms with E-state index < -0.39 is 0 Å².